The number of rotatable bonds is 18. The number of ketones is 1. The number of unbranched alkanes of at least 4 members (excludes halogenated alkanes) is 11. The van der Waals surface area contributed by atoms with Crippen LogP contribution < -0.4 is 11.5 Å². The van der Waals surface area contributed by atoms with Crippen LogP contribution in [0.5, 0.6) is 0 Å². The van der Waals surface area contributed by atoms with Gasteiger partial charge < -0.3 is 11.5 Å². The van der Waals surface area contributed by atoms with E-state index in [1.165, 1.54) is 70.6 Å². The summed E-state index contributed by atoms with van der Waals surface area (Å²) in [5.74, 6) is 0.179. The van der Waals surface area contributed by atoms with Crippen molar-refractivity contribution >= 4 is 5.78 Å². The molecular weight excluding hydrogens is 296 g/mol. The molecular formula is C21H42N2O. The normalized spacial score (nSPS) is 12.8. The van der Waals surface area contributed by atoms with Crippen molar-refractivity contribution in [2.45, 2.75) is 109 Å². The Balaban J connectivity index is 3.24. The van der Waals surface area contributed by atoms with Gasteiger partial charge >= 0.3 is 0 Å². The van der Waals surface area contributed by atoms with E-state index in [-0.39, 0.29) is 11.8 Å². The van der Waals surface area contributed by atoms with Gasteiger partial charge in [-0.15, -0.1) is 0 Å². The molecule has 0 aromatic heterocycles. The number of hydrogen-bond acceptors (Lipinski definition) is 3. The van der Waals surface area contributed by atoms with Crippen LogP contribution in [-0.2, 0) is 4.79 Å². The number of carbonyl (C=O) groups is 1. The largest absolute Gasteiger partial charge is 0.330 e. The van der Waals surface area contributed by atoms with Crippen LogP contribution in [0.3, 0.4) is 0 Å². The molecule has 0 aliphatic heterocycles. The highest BCUT2D eigenvalue weighted by atomic mass is 16.1. The van der Waals surface area contributed by atoms with E-state index >= 15 is 0 Å². The number of hydrogen-bond donors (Lipinski definition) is 2. The summed E-state index contributed by atoms with van der Waals surface area (Å²) in [6, 6.07) is -0.341. The minimum atomic E-state index is -0.341. The first-order chi connectivity index (χ1) is 11.7. The zero-order chi connectivity index (χ0) is 17.9. The van der Waals surface area contributed by atoms with Gasteiger partial charge in [0.15, 0.2) is 0 Å². The first kappa shape index (κ1) is 23.3. The Bertz CT molecular complexity index is 302. The van der Waals surface area contributed by atoms with Crippen LogP contribution in [0.2, 0.25) is 0 Å². The van der Waals surface area contributed by atoms with Gasteiger partial charge in [0.05, 0.1) is 6.04 Å². The lowest BCUT2D eigenvalue weighted by molar-refractivity contribution is -0.120. The number of nitrogens with two attached hydrogens (primary N) is 2. The van der Waals surface area contributed by atoms with Gasteiger partial charge in [-0.1, -0.05) is 70.4 Å². The molecule has 4 N–H and O–H groups in total. The van der Waals surface area contributed by atoms with Gasteiger partial charge in [0, 0.05) is 6.42 Å². The molecule has 3 heteroatoms. The zero-order valence-electron chi connectivity index (χ0n) is 16.1. The lowest BCUT2D eigenvalue weighted by atomic mass is 10.0. The second kappa shape index (κ2) is 18.7. The van der Waals surface area contributed by atoms with Gasteiger partial charge in [0.1, 0.15) is 5.78 Å². The van der Waals surface area contributed by atoms with Crippen LogP contribution in [0, 0.1) is 0 Å². The predicted molar refractivity (Wildman–Crippen MR) is 106 cm³/mol. The van der Waals surface area contributed by atoms with Crippen molar-refractivity contribution in [3.05, 3.63) is 12.2 Å². The third kappa shape index (κ3) is 16.2. The molecule has 0 heterocycles. The van der Waals surface area contributed by atoms with Gasteiger partial charge in [-0.05, 0) is 45.1 Å². The molecule has 24 heavy (non-hydrogen) atoms. The Morgan fingerprint density at radius 1 is 0.833 bits per heavy atom. The summed E-state index contributed by atoms with van der Waals surface area (Å²) in [5, 5.41) is 0. The lowest BCUT2D eigenvalue weighted by Gasteiger charge is -2.08. The number of allylic oxidation sites excluding steroid dienone is 2. The van der Waals surface area contributed by atoms with Crippen molar-refractivity contribution < 1.29 is 4.79 Å². The SMILES string of the molecule is CCCCCCCCC=CCCCCCCCC(=O)C(N)CCN. The van der Waals surface area contributed by atoms with Crippen molar-refractivity contribution in [1.29, 1.82) is 0 Å². The predicted octanol–water partition coefficient (Wildman–Crippen LogP) is 5.27. The van der Waals surface area contributed by atoms with E-state index in [9.17, 15) is 4.79 Å². The van der Waals surface area contributed by atoms with E-state index in [0.717, 1.165) is 12.8 Å². The molecule has 0 rings (SSSR count). The molecule has 0 aromatic rings. The van der Waals surface area contributed by atoms with E-state index in [4.69, 9.17) is 11.5 Å². The van der Waals surface area contributed by atoms with Crippen LogP contribution in [0.15, 0.2) is 12.2 Å². The molecule has 142 valence electrons. The van der Waals surface area contributed by atoms with Crippen LogP contribution in [0.25, 0.3) is 0 Å². The Morgan fingerprint density at radius 3 is 1.88 bits per heavy atom. The summed E-state index contributed by atoms with van der Waals surface area (Å²) in [6.45, 7) is 2.76. The molecule has 1 unspecified atom stereocenters. The minimum Gasteiger partial charge on any atom is -0.330 e. The van der Waals surface area contributed by atoms with E-state index in [2.05, 4.69) is 19.1 Å². The Kier molecular flexibility index (Phi) is 18.1. The Morgan fingerprint density at radius 2 is 1.33 bits per heavy atom. The summed E-state index contributed by atoms with van der Waals surface area (Å²) in [6.07, 6.45) is 22.6. The fraction of sp³-hybridized carbons (Fsp3) is 0.857. The fourth-order valence-corrected chi connectivity index (χ4v) is 2.90. The monoisotopic (exact) mass is 338 g/mol. The molecule has 0 fully saturated rings. The van der Waals surface area contributed by atoms with Crippen LogP contribution >= 0.6 is 0 Å². The van der Waals surface area contributed by atoms with Crippen molar-refractivity contribution in [3.63, 3.8) is 0 Å². The summed E-state index contributed by atoms with van der Waals surface area (Å²) in [5.41, 5.74) is 11.2. The quantitative estimate of drug-likeness (QED) is 0.264. The van der Waals surface area contributed by atoms with Gasteiger partial charge in [-0.25, -0.2) is 0 Å². The van der Waals surface area contributed by atoms with Crippen molar-refractivity contribution in [1.82, 2.24) is 0 Å². The molecule has 3 nitrogen and oxygen atoms in total. The van der Waals surface area contributed by atoms with Crippen LogP contribution in [0.4, 0.5) is 0 Å². The smallest absolute Gasteiger partial charge is 0.149 e. The minimum absolute atomic E-state index is 0.179. The maximum Gasteiger partial charge on any atom is 0.149 e. The average Bonchev–Trinajstić information content (AvgIpc) is 2.58. The van der Waals surface area contributed by atoms with Crippen molar-refractivity contribution in [3.8, 4) is 0 Å². The maximum atomic E-state index is 11.7. The fourth-order valence-electron chi connectivity index (χ4n) is 2.90. The Labute approximate surface area is 150 Å². The molecule has 0 spiro atoms. The van der Waals surface area contributed by atoms with Crippen LogP contribution in [0.1, 0.15) is 103 Å². The average molecular weight is 339 g/mol. The maximum absolute atomic E-state index is 11.7. The van der Waals surface area contributed by atoms with Crippen LogP contribution in [-0.4, -0.2) is 18.4 Å². The van der Waals surface area contributed by atoms with Crippen molar-refractivity contribution in [2.24, 2.45) is 11.5 Å². The van der Waals surface area contributed by atoms with Crippen molar-refractivity contribution in [2.75, 3.05) is 6.54 Å². The first-order valence-electron chi connectivity index (χ1n) is 10.4. The second-order valence-corrected chi connectivity index (χ2v) is 6.98. The highest BCUT2D eigenvalue weighted by Gasteiger charge is 2.11. The zero-order valence-corrected chi connectivity index (χ0v) is 16.1. The Hall–Kier alpha value is -0.670. The molecule has 0 amide bonds. The molecule has 0 radical (unpaired) electrons. The molecule has 0 aliphatic rings. The van der Waals surface area contributed by atoms with E-state index in [1.54, 1.807) is 0 Å². The summed E-state index contributed by atoms with van der Waals surface area (Å²) in [7, 11) is 0. The highest BCUT2D eigenvalue weighted by molar-refractivity contribution is 5.83. The van der Waals surface area contributed by atoms with Gasteiger partial charge in [-0.3, -0.25) is 4.79 Å². The summed E-state index contributed by atoms with van der Waals surface area (Å²) in [4.78, 5) is 11.7. The number of Topliss-reactive ketones (excluding diaryl/α,β-unsaturated/α-hetero) is 1. The third-order valence-corrected chi connectivity index (χ3v) is 4.58. The topological polar surface area (TPSA) is 69.1 Å². The molecule has 0 aromatic carbocycles. The van der Waals surface area contributed by atoms with E-state index < -0.39 is 0 Å². The standard InChI is InChI=1S/C21H42N2O/c1-2-3-4-5-6-7-8-9-10-11-12-13-14-15-16-17-21(24)20(23)18-19-22/h9-10,20H,2-8,11-19,22-23H2,1H3. The third-order valence-electron chi connectivity index (χ3n) is 4.58. The molecule has 0 saturated carbocycles. The van der Waals surface area contributed by atoms with Gasteiger partial charge in [0.2, 0.25) is 0 Å². The molecule has 0 aliphatic carbocycles. The second-order valence-electron chi connectivity index (χ2n) is 6.98. The number of carbonyl (C=O) groups excluding carboxylic acids is 1. The molecule has 1 atom stereocenters. The van der Waals surface area contributed by atoms with E-state index in [0.29, 0.717) is 19.4 Å². The molecule has 0 saturated heterocycles. The lowest BCUT2D eigenvalue weighted by Crippen LogP contribution is -2.32. The summed E-state index contributed by atoms with van der Waals surface area (Å²) >= 11 is 0. The highest BCUT2D eigenvalue weighted by Crippen LogP contribution is 2.10. The van der Waals surface area contributed by atoms with Gasteiger partial charge in [-0.2, -0.15) is 0 Å². The first-order valence-corrected chi connectivity index (χ1v) is 10.4. The van der Waals surface area contributed by atoms with E-state index in [1.807, 2.05) is 0 Å². The molecule has 0 bridgehead atoms. The summed E-state index contributed by atoms with van der Waals surface area (Å²) < 4.78 is 0. The van der Waals surface area contributed by atoms with Gasteiger partial charge in [0.25, 0.3) is 0 Å².